The highest BCUT2D eigenvalue weighted by molar-refractivity contribution is 9.10. The van der Waals surface area contributed by atoms with Crippen LogP contribution >= 0.6 is 27.5 Å². The van der Waals surface area contributed by atoms with Crippen molar-refractivity contribution in [3.05, 3.63) is 45.8 Å². The molecule has 2 amide bonds. The molecule has 2 aromatic rings. The van der Waals surface area contributed by atoms with Crippen LogP contribution in [0.1, 0.15) is 10.6 Å². The summed E-state index contributed by atoms with van der Waals surface area (Å²) in [6.45, 7) is -0.275. The minimum atomic E-state index is -0.522. The number of carbonyl (C=O) groups excluding carboxylic acids is 2. The Morgan fingerprint density at radius 2 is 2.05 bits per heavy atom. The highest BCUT2D eigenvalue weighted by Gasteiger charge is 2.12. The van der Waals surface area contributed by atoms with Crippen LogP contribution in [0.3, 0.4) is 0 Å². The van der Waals surface area contributed by atoms with Gasteiger partial charge in [-0.1, -0.05) is 11.6 Å². The van der Waals surface area contributed by atoms with Gasteiger partial charge in [-0.2, -0.15) is 0 Å². The predicted octanol–water partition coefficient (Wildman–Crippen LogP) is 2.77. The lowest BCUT2D eigenvalue weighted by atomic mass is 10.3. The van der Waals surface area contributed by atoms with Crippen LogP contribution < -0.4 is 10.6 Å². The van der Waals surface area contributed by atoms with Crippen molar-refractivity contribution < 1.29 is 19.1 Å². The highest BCUT2D eigenvalue weighted by atomic mass is 79.9. The molecule has 0 spiro atoms. The van der Waals surface area contributed by atoms with Gasteiger partial charge < -0.3 is 20.2 Å². The van der Waals surface area contributed by atoms with E-state index < -0.39 is 11.8 Å². The van der Waals surface area contributed by atoms with Crippen LogP contribution in [0, 0.1) is 0 Å². The van der Waals surface area contributed by atoms with E-state index in [2.05, 4.69) is 26.6 Å². The zero-order valence-corrected chi connectivity index (χ0v) is 12.9. The first-order chi connectivity index (χ1) is 9.95. The number of carbonyl (C=O) groups is 2. The highest BCUT2D eigenvalue weighted by Crippen LogP contribution is 2.26. The zero-order valence-electron chi connectivity index (χ0n) is 10.5. The number of anilines is 1. The second-order valence-corrected chi connectivity index (χ2v) is 5.21. The molecule has 8 heteroatoms. The molecule has 110 valence electrons. The van der Waals surface area contributed by atoms with Crippen LogP contribution in [0.5, 0.6) is 5.75 Å². The summed E-state index contributed by atoms with van der Waals surface area (Å²) >= 11 is 8.83. The van der Waals surface area contributed by atoms with E-state index in [9.17, 15) is 14.7 Å². The molecule has 0 unspecified atom stereocenters. The summed E-state index contributed by atoms with van der Waals surface area (Å²) in [5.74, 6) is -1.06. The number of hydrogen-bond acceptors (Lipinski definition) is 4. The van der Waals surface area contributed by atoms with Crippen molar-refractivity contribution >= 4 is 45.0 Å². The monoisotopic (exact) mass is 372 g/mol. The maximum Gasteiger partial charge on any atom is 0.287 e. The fourth-order valence-corrected chi connectivity index (χ4v) is 1.97. The molecule has 0 aliphatic heterocycles. The van der Waals surface area contributed by atoms with Gasteiger partial charge in [-0.15, -0.1) is 0 Å². The van der Waals surface area contributed by atoms with Gasteiger partial charge in [-0.25, -0.2) is 0 Å². The fraction of sp³-hybridized carbons (Fsp3) is 0.0769. The number of halogens is 2. The van der Waals surface area contributed by atoms with Gasteiger partial charge in [-0.05, 0) is 46.3 Å². The molecular formula is C13H10BrClN2O4. The SMILES string of the molecule is O=C(CNC(=O)c1ccc(Br)o1)Nc1cc(Cl)ccc1O. The van der Waals surface area contributed by atoms with Crippen molar-refractivity contribution in [1.82, 2.24) is 5.32 Å². The van der Waals surface area contributed by atoms with Crippen LogP contribution in [0.2, 0.25) is 5.02 Å². The first-order valence-corrected chi connectivity index (χ1v) is 6.94. The average Bonchev–Trinajstić information content (AvgIpc) is 2.87. The molecular weight excluding hydrogens is 364 g/mol. The standard InChI is InChI=1S/C13H10BrClN2O4/c14-11-4-3-10(21-11)13(20)16-6-12(19)17-8-5-7(15)1-2-9(8)18/h1-5,18H,6H2,(H,16,20)(H,17,19). The minimum absolute atomic E-state index is 0.0836. The Labute approximate surface area is 133 Å². The Morgan fingerprint density at radius 1 is 1.29 bits per heavy atom. The topological polar surface area (TPSA) is 91.6 Å². The quantitative estimate of drug-likeness (QED) is 0.719. The molecule has 3 N–H and O–H groups in total. The first kappa shape index (κ1) is 15.4. The second-order valence-electron chi connectivity index (χ2n) is 4.00. The summed E-state index contributed by atoms with van der Waals surface area (Å²) in [5.41, 5.74) is 0.169. The molecule has 21 heavy (non-hydrogen) atoms. The van der Waals surface area contributed by atoms with E-state index in [0.717, 1.165) is 0 Å². The van der Waals surface area contributed by atoms with E-state index in [-0.39, 0.29) is 23.7 Å². The molecule has 6 nitrogen and oxygen atoms in total. The number of amides is 2. The van der Waals surface area contributed by atoms with Gasteiger partial charge >= 0.3 is 0 Å². The molecule has 0 fully saturated rings. The van der Waals surface area contributed by atoms with Gasteiger partial charge in [0.2, 0.25) is 5.91 Å². The fourth-order valence-electron chi connectivity index (χ4n) is 1.49. The summed E-state index contributed by atoms with van der Waals surface area (Å²) in [7, 11) is 0. The largest absolute Gasteiger partial charge is 0.506 e. The van der Waals surface area contributed by atoms with E-state index in [4.69, 9.17) is 16.0 Å². The van der Waals surface area contributed by atoms with Crippen LogP contribution in [0.4, 0.5) is 5.69 Å². The number of aromatic hydroxyl groups is 1. The molecule has 0 atom stereocenters. The van der Waals surface area contributed by atoms with Gasteiger partial charge in [-0.3, -0.25) is 9.59 Å². The smallest absolute Gasteiger partial charge is 0.287 e. The number of hydrogen-bond donors (Lipinski definition) is 3. The Bertz CT molecular complexity index is 687. The molecule has 1 heterocycles. The number of nitrogens with one attached hydrogen (secondary N) is 2. The Balaban J connectivity index is 1.90. The van der Waals surface area contributed by atoms with E-state index in [1.54, 1.807) is 6.07 Å². The normalized spacial score (nSPS) is 10.2. The van der Waals surface area contributed by atoms with Gasteiger partial charge in [0, 0.05) is 5.02 Å². The molecule has 0 saturated carbocycles. The molecule has 0 radical (unpaired) electrons. The summed E-state index contributed by atoms with van der Waals surface area (Å²) in [6, 6.07) is 7.29. The molecule has 0 bridgehead atoms. The molecule has 1 aromatic heterocycles. The maximum absolute atomic E-state index is 11.7. The lowest BCUT2D eigenvalue weighted by Crippen LogP contribution is -2.32. The number of rotatable bonds is 4. The Hall–Kier alpha value is -1.99. The lowest BCUT2D eigenvalue weighted by Gasteiger charge is -2.08. The summed E-state index contributed by atoms with van der Waals surface area (Å²) in [6.07, 6.45) is 0. The number of furan rings is 1. The van der Waals surface area contributed by atoms with Crippen molar-refractivity contribution in [3.8, 4) is 5.75 Å². The molecule has 2 rings (SSSR count). The molecule has 1 aromatic carbocycles. The van der Waals surface area contributed by atoms with Crippen LogP contribution in [0.25, 0.3) is 0 Å². The number of benzene rings is 1. The summed E-state index contributed by atoms with van der Waals surface area (Å²) < 4.78 is 5.46. The van der Waals surface area contributed by atoms with Crippen molar-refractivity contribution in [2.24, 2.45) is 0 Å². The number of phenols is 1. The third-order valence-corrected chi connectivity index (χ3v) is 3.10. The maximum atomic E-state index is 11.7. The Morgan fingerprint density at radius 3 is 2.71 bits per heavy atom. The third-order valence-electron chi connectivity index (χ3n) is 2.44. The predicted molar refractivity (Wildman–Crippen MR) is 80.5 cm³/mol. The van der Waals surface area contributed by atoms with Crippen molar-refractivity contribution in [1.29, 1.82) is 0 Å². The van der Waals surface area contributed by atoms with Crippen LogP contribution in [-0.2, 0) is 4.79 Å². The molecule has 0 aliphatic carbocycles. The molecule has 0 saturated heterocycles. The van der Waals surface area contributed by atoms with E-state index in [1.807, 2.05) is 0 Å². The zero-order chi connectivity index (χ0) is 15.4. The van der Waals surface area contributed by atoms with E-state index >= 15 is 0 Å². The summed E-state index contributed by atoms with van der Waals surface area (Å²) in [5, 5.41) is 14.8. The van der Waals surface area contributed by atoms with Crippen LogP contribution in [-0.4, -0.2) is 23.5 Å². The number of phenolic OH excluding ortho intramolecular Hbond substituents is 1. The van der Waals surface area contributed by atoms with Gasteiger partial charge in [0.15, 0.2) is 10.4 Å². The van der Waals surface area contributed by atoms with Gasteiger partial charge in [0.1, 0.15) is 5.75 Å². The first-order valence-electron chi connectivity index (χ1n) is 5.77. The minimum Gasteiger partial charge on any atom is -0.506 e. The summed E-state index contributed by atoms with van der Waals surface area (Å²) in [4.78, 5) is 23.4. The Kier molecular flexibility index (Phi) is 4.87. The van der Waals surface area contributed by atoms with Crippen molar-refractivity contribution in [2.75, 3.05) is 11.9 Å². The lowest BCUT2D eigenvalue weighted by molar-refractivity contribution is -0.115. The average molecular weight is 374 g/mol. The van der Waals surface area contributed by atoms with Crippen molar-refractivity contribution in [3.63, 3.8) is 0 Å². The van der Waals surface area contributed by atoms with Gasteiger partial charge in [0.05, 0.1) is 12.2 Å². The van der Waals surface area contributed by atoms with Crippen LogP contribution in [0.15, 0.2) is 39.4 Å². The van der Waals surface area contributed by atoms with Gasteiger partial charge in [0.25, 0.3) is 5.91 Å². The van der Waals surface area contributed by atoms with E-state index in [0.29, 0.717) is 9.69 Å². The van der Waals surface area contributed by atoms with Crippen molar-refractivity contribution in [2.45, 2.75) is 0 Å². The van der Waals surface area contributed by atoms with E-state index in [1.165, 1.54) is 24.3 Å². The second kappa shape index (κ2) is 6.64. The third kappa shape index (κ3) is 4.24. The molecule has 0 aliphatic rings.